The number of aromatic nitrogens is 2. The fraction of sp³-hybridized carbons (Fsp3) is 0.333. The van der Waals surface area contributed by atoms with Crippen LogP contribution in [0.1, 0.15) is 23.2 Å². The number of ether oxygens (including phenoxy) is 1. The summed E-state index contributed by atoms with van der Waals surface area (Å²) in [7, 11) is 0. The molecule has 0 saturated carbocycles. The third-order valence-corrected chi connectivity index (χ3v) is 6.71. The molecule has 0 aliphatic carbocycles. The van der Waals surface area contributed by atoms with Gasteiger partial charge in [0.2, 0.25) is 11.9 Å². The molecule has 0 bridgehead atoms. The number of nitrogens with one attached hydrogen (secondary N) is 3. The molecule has 2 saturated heterocycles. The van der Waals surface area contributed by atoms with E-state index in [4.69, 9.17) is 0 Å². The normalized spacial score (nSPS) is 18.4. The van der Waals surface area contributed by atoms with Gasteiger partial charge in [-0.25, -0.2) is 9.97 Å². The van der Waals surface area contributed by atoms with Crippen molar-refractivity contribution in [2.75, 3.05) is 31.5 Å². The number of nitrogens with zero attached hydrogens (tertiary/aromatic N) is 3. The summed E-state index contributed by atoms with van der Waals surface area (Å²) in [4.78, 5) is 37.0. The molecule has 11 heteroatoms. The van der Waals surface area contributed by atoms with Crippen LogP contribution in [0.25, 0.3) is 11.1 Å². The first-order valence-electron chi connectivity index (χ1n) is 12.5. The zero-order valence-electron chi connectivity index (χ0n) is 20.6. The summed E-state index contributed by atoms with van der Waals surface area (Å²) in [5, 5.41) is 9.48. The third kappa shape index (κ3) is 5.95. The van der Waals surface area contributed by atoms with Crippen LogP contribution in [0.5, 0.6) is 5.75 Å². The van der Waals surface area contributed by atoms with Crippen LogP contribution in [0.3, 0.4) is 0 Å². The van der Waals surface area contributed by atoms with Crippen molar-refractivity contribution in [3.05, 3.63) is 66.5 Å². The maximum atomic E-state index is 13.3. The number of Topliss-reactive ketones (excluding diaryl/α,β-unsaturated/α-hetero) is 1. The maximum absolute atomic E-state index is 13.3. The molecule has 9 nitrogen and oxygen atoms in total. The van der Waals surface area contributed by atoms with Crippen LogP contribution in [0.2, 0.25) is 0 Å². The Balaban J connectivity index is 1.24. The number of benzene rings is 2. The number of hydrogen-bond donors (Lipinski definition) is 3. The highest BCUT2D eigenvalue weighted by atomic mass is 19.3. The standard InChI is InChI=1S/C27H28F2N6O3/c28-26(29)38-22-6-4-17(5-7-22)19-15-32-27(33-16-19)34-20-3-1-2-18(14-20)24(36)23-25(37)35(13-12-31-23)21-8-10-30-11-9-21/h1-7,14-16,21,23,26,30-31H,8-13H2,(H,32,33,34). The van der Waals surface area contributed by atoms with E-state index in [1.54, 1.807) is 48.8 Å². The summed E-state index contributed by atoms with van der Waals surface area (Å²) in [6.45, 7) is 0.0542. The van der Waals surface area contributed by atoms with E-state index in [9.17, 15) is 18.4 Å². The fourth-order valence-corrected chi connectivity index (χ4v) is 4.79. The first-order valence-corrected chi connectivity index (χ1v) is 12.5. The molecule has 3 aromatic rings. The molecule has 2 aliphatic heterocycles. The molecule has 1 aromatic heterocycles. The Hall–Kier alpha value is -3.96. The molecule has 5 rings (SSSR count). The van der Waals surface area contributed by atoms with Crippen LogP contribution in [-0.4, -0.2) is 71.4 Å². The van der Waals surface area contributed by atoms with Crippen molar-refractivity contribution in [2.45, 2.75) is 31.5 Å². The van der Waals surface area contributed by atoms with E-state index in [-0.39, 0.29) is 23.5 Å². The third-order valence-electron chi connectivity index (χ3n) is 6.71. The van der Waals surface area contributed by atoms with Crippen molar-refractivity contribution < 1.29 is 23.1 Å². The number of carbonyl (C=O) groups is 2. The Labute approximate surface area is 218 Å². The smallest absolute Gasteiger partial charge is 0.387 e. The SMILES string of the molecule is O=C(c1cccc(Nc2ncc(-c3ccc(OC(F)F)cc3)cn2)c1)C1NCCN(C2CCNCC2)C1=O. The monoisotopic (exact) mass is 522 g/mol. The molecule has 38 heavy (non-hydrogen) atoms. The topological polar surface area (TPSA) is 108 Å². The zero-order chi connectivity index (χ0) is 26.5. The largest absolute Gasteiger partial charge is 0.435 e. The second-order valence-electron chi connectivity index (χ2n) is 9.17. The Bertz CT molecular complexity index is 1270. The quantitative estimate of drug-likeness (QED) is 0.306. The highest BCUT2D eigenvalue weighted by Gasteiger charge is 2.37. The number of amides is 1. The Kier molecular flexibility index (Phi) is 7.85. The lowest BCUT2D eigenvalue weighted by atomic mass is 9.97. The molecule has 3 N–H and O–H groups in total. The number of ketones is 1. The van der Waals surface area contributed by atoms with Gasteiger partial charge in [0.25, 0.3) is 0 Å². The summed E-state index contributed by atoms with van der Waals surface area (Å²) in [5.41, 5.74) is 2.46. The molecule has 2 fully saturated rings. The molecule has 1 unspecified atom stereocenters. The molecule has 3 heterocycles. The van der Waals surface area contributed by atoms with E-state index in [1.807, 2.05) is 4.90 Å². The van der Waals surface area contributed by atoms with Gasteiger partial charge in [-0.05, 0) is 55.8 Å². The van der Waals surface area contributed by atoms with Crippen LogP contribution < -0.4 is 20.7 Å². The number of carbonyl (C=O) groups excluding carboxylic acids is 2. The van der Waals surface area contributed by atoms with Gasteiger partial charge in [0, 0.05) is 48.3 Å². The van der Waals surface area contributed by atoms with Crippen molar-refractivity contribution >= 4 is 23.3 Å². The minimum atomic E-state index is -2.88. The molecular weight excluding hydrogens is 494 g/mol. The second kappa shape index (κ2) is 11.6. The average Bonchev–Trinajstić information content (AvgIpc) is 2.94. The summed E-state index contributed by atoms with van der Waals surface area (Å²) >= 11 is 0. The van der Waals surface area contributed by atoms with Crippen LogP contribution in [0, 0.1) is 0 Å². The first-order chi connectivity index (χ1) is 18.5. The van der Waals surface area contributed by atoms with Crippen molar-refractivity contribution in [1.29, 1.82) is 0 Å². The van der Waals surface area contributed by atoms with Crippen molar-refractivity contribution in [3.63, 3.8) is 0 Å². The molecule has 1 amide bonds. The summed E-state index contributed by atoms with van der Waals surface area (Å²) in [6, 6.07) is 12.4. The molecule has 2 aromatic carbocycles. The van der Waals surface area contributed by atoms with E-state index >= 15 is 0 Å². The highest BCUT2D eigenvalue weighted by Crippen LogP contribution is 2.24. The van der Waals surface area contributed by atoms with E-state index in [2.05, 4.69) is 30.7 Å². The van der Waals surface area contributed by atoms with Crippen molar-refractivity contribution in [3.8, 4) is 16.9 Å². The highest BCUT2D eigenvalue weighted by molar-refractivity contribution is 6.14. The van der Waals surface area contributed by atoms with Crippen molar-refractivity contribution in [1.82, 2.24) is 25.5 Å². The maximum Gasteiger partial charge on any atom is 0.387 e. The van der Waals surface area contributed by atoms with Crippen LogP contribution in [0.4, 0.5) is 20.4 Å². The number of alkyl halides is 2. The predicted molar refractivity (Wildman–Crippen MR) is 138 cm³/mol. The van der Waals surface area contributed by atoms with Gasteiger partial charge in [0.05, 0.1) is 0 Å². The lowest BCUT2D eigenvalue weighted by Gasteiger charge is -2.40. The first kappa shape index (κ1) is 25.7. The van der Waals surface area contributed by atoms with Gasteiger partial charge < -0.3 is 20.3 Å². The molecule has 1 atom stereocenters. The minimum Gasteiger partial charge on any atom is -0.435 e. The Morgan fingerprint density at radius 3 is 2.47 bits per heavy atom. The zero-order valence-corrected chi connectivity index (χ0v) is 20.6. The molecule has 2 aliphatic rings. The van der Waals surface area contributed by atoms with Crippen LogP contribution in [0.15, 0.2) is 60.9 Å². The van der Waals surface area contributed by atoms with Gasteiger partial charge in [-0.15, -0.1) is 0 Å². The van der Waals surface area contributed by atoms with Crippen LogP contribution >= 0.6 is 0 Å². The summed E-state index contributed by atoms with van der Waals surface area (Å²) < 4.78 is 29.1. The molecule has 198 valence electrons. The number of hydrogen-bond acceptors (Lipinski definition) is 8. The number of anilines is 2. The second-order valence-corrected chi connectivity index (χ2v) is 9.17. The number of halogens is 2. The minimum absolute atomic E-state index is 0.0708. The lowest BCUT2D eigenvalue weighted by molar-refractivity contribution is -0.137. The number of piperazine rings is 1. The number of rotatable bonds is 8. The van der Waals surface area contributed by atoms with E-state index in [1.165, 1.54) is 12.1 Å². The fourth-order valence-electron chi connectivity index (χ4n) is 4.79. The summed E-state index contributed by atoms with van der Waals surface area (Å²) in [6.07, 6.45) is 4.99. The number of piperidine rings is 1. The predicted octanol–water partition coefficient (Wildman–Crippen LogP) is 3.22. The molecule has 0 spiro atoms. The lowest BCUT2D eigenvalue weighted by Crippen LogP contribution is -2.61. The van der Waals surface area contributed by atoms with Gasteiger partial charge in [0.1, 0.15) is 5.75 Å². The molecular formula is C27H28F2N6O3. The Morgan fingerprint density at radius 1 is 1.03 bits per heavy atom. The Morgan fingerprint density at radius 2 is 1.76 bits per heavy atom. The van der Waals surface area contributed by atoms with Gasteiger partial charge >= 0.3 is 6.61 Å². The van der Waals surface area contributed by atoms with Gasteiger partial charge in [0.15, 0.2) is 11.8 Å². The van der Waals surface area contributed by atoms with Gasteiger partial charge in [-0.2, -0.15) is 8.78 Å². The average molecular weight is 523 g/mol. The van der Waals surface area contributed by atoms with Crippen molar-refractivity contribution in [2.24, 2.45) is 0 Å². The van der Waals surface area contributed by atoms with Gasteiger partial charge in [-0.1, -0.05) is 24.3 Å². The van der Waals surface area contributed by atoms with E-state index in [0.29, 0.717) is 35.9 Å². The summed E-state index contributed by atoms with van der Waals surface area (Å²) in [5.74, 6) is -0.0477. The van der Waals surface area contributed by atoms with E-state index < -0.39 is 12.7 Å². The van der Waals surface area contributed by atoms with Gasteiger partial charge in [-0.3, -0.25) is 14.9 Å². The van der Waals surface area contributed by atoms with Crippen LogP contribution in [-0.2, 0) is 4.79 Å². The van der Waals surface area contributed by atoms with E-state index in [0.717, 1.165) is 31.5 Å². The molecule has 0 radical (unpaired) electrons.